The minimum absolute atomic E-state index is 0.0457. The molecule has 4 rings (SSSR count). The number of imidazole rings is 1. The summed E-state index contributed by atoms with van der Waals surface area (Å²) in [6, 6.07) is 16.8. The Kier molecular flexibility index (Phi) is 2.98. The maximum atomic E-state index is 4.96. The molecule has 0 aliphatic rings. The second kappa shape index (κ2) is 4.92. The third-order valence-electron chi connectivity index (χ3n) is 4.11. The fourth-order valence-corrected chi connectivity index (χ4v) is 2.99. The maximum absolute atomic E-state index is 4.96. The molecule has 114 valence electrons. The van der Waals surface area contributed by atoms with Crippen LogP contribution in [0.25, 0.3) is 27.7 Å². The van der Waals surface area contributed by atoms with Gasteiger partial charge in [-0.2, -0.15) is 0 Å². The standard InChI is InChI=1S/C20H19N3/c1-20(2,3)19-22-17-13-15(14-7-5-4-6-8-14)9-10-16(17)18-21-11-12-23(18)19/h4-13H,1-3H3. The van der Waals surface area contributed by atoms with Gasteiger partial charge in [0.05, 0.1) is 5.52 Å². The van der Waals surface area contributed by atoms with Gasteiger partial charge in [-0.3, -0.25) is 4.40 Å². The van der Waals surface area contributed by atoms with Gasteiger partial charge in [0.2, 0.25) is 0 Å². The SMILES string of the molecule is CC(C)(C)c1nc2cc(-c3ccccc3)ccc2c2nccn12. The van der Waals surface area contributed by atoms with E-state index in [0.29, 0.717) is 0 Å². The Bertz CT molecular complexity index is 992. The van der Waals surface area contributed by atoms with Crippen molar-refractivity contribution in [3.8, 4) is 11.1 Å². The van der Waals surface area contributed by atoms with E-state index in [2.05, 4.69) is 72.6 Å². The molecule has 0 N–H and O–H groups in total. The van der Waals surface area contributed by atoms with Gasteiger partial charge < -0.3 is 0 Å². The van der Waals surface area contributed by atoms with E-state index < -0.39 is 0 Å². The largest absolute Gasteiger partial charge is 0.287 e. The highest BCUT2D eigenvalue weighted by atomic mass is 15.1. The Balaban J connectivity index is 2.03. The number of benzene rings is 2. The fraction of sp³-hybridized carbons (Fsp3) is 0.200. The van der Waals surface area contributed by atoms with Crippen molar-refractivity contribution in [2.24, 2.45) is 0 Å². The van der Waals surface area contributed by atoms with Gasteiger partial charge in [-0.1, -0.05) is 57.2 Å². The third kappa shape index (κ3) is 2.29. The first-order valence-electron chi connectivity index (χ1n) is 7.87. The zero-order valence-electron chi connectivity index (χ0n) is 13.6. The van der Waals surface area contributed by atoms with Crippen LogP contribution in [-0.4, -0.2) is 14.4 Å². The first kappa shape index (κ1) is 13.9. The summed E-state index contributed by atoms with van der Waals surface area (Å²) in [4.78, 5) is 9.50. The highest BCUT2D eigenvalue weighted by molar-refractivity contribution is 5.94. The molecule has 0 aliphatic carbocycles. The Morgan fingerprint density at radius 3 is 2.43 bits per heavy atom. The smallest absolute Gasteiger partial charge is 0.147 e. The molecule has 4 aromatic rings. The lowest BCUT2D eigenvalue weighted by Crippen LogP contribution is -2.18. The Morgan fingerprint density at radius 2 is 1.70 bits per heavy atom. The molecule has 0 fully saturated rings. The van der Waals surface area contributed by atoms with Gasteiger partial charge in [0.1, 0.15) is 11.5 Å². The number of hydrogen-bond acceptors (Lipinski definition) is 2. The van der Waals surface area contributed by atoms with E-state index in [-0.39, 0.29) is 5.41 Å². The summed E-state index contributed by atoms with van der Waals surface area (Å²) in [5.41, 5.74) is 4.31. The van der Waals surface area contributed by atoms with Gasteiger partial charge in [-0.05, 0) is 23.3 Å². The van der Waals surface area contributed by atoms with Crippen LogP contribution in [0.2, 0.25) is 0 Å². The van der Waals surface area contributed by atoms with E-state index in [4.69, 9.17) is 4.98 Å². The number of nitrogens with zero attached hydrogens (tertiary/aromatic N) is 3. The quantitative estimate of drug-likeness (QED) is 0.503. The fourth-order valence-electron chi connectivity index (χ4n) is 2.99. The number of hydrogen-bond donors (Lipinski definition) is 0. The second-order valence-corrected chi connectivity index (χ2v) is 6.90. The molecular formula is C20H19N3. The molecule has 2 aromatic carbocycles. The van der Waals surface area contributed by atoms with Gasteiger partial charge in [0.15, 0.2) is 0 Å². The van der Waals surface area contributed by atoms with E-state index >= 15 is 0 Å². The monoisotopic (exact) mass is 301 g/mol. The van der Waals surface area contributed by atoms with Crippen LogP contribution in [0.3, 0.4) is 0 Å². The summed E-state index contributed by atoms with van der Waals surface area (Å²) in [5, 5.41) is 1.09. The van der Waals surface area contributed by atoms with Crippen LogP contribution in [0.1, 0.15) is 26.6 Å². The van der Waals surface area contributed by atoms with Crippen LogP contribution in [0.15, 0.2) is 60.9 Å². The molecule has 0 amide bonds. The highest BCUT2D eigenvalue weighted by Gasteiger charge is 2.21. The molecule has 3 heteroatoms. The molecule has 2 heterocycles. The average molecular weight is 301 g/mol. The molecule has 0 aliphatic heterocycles. The predicted molar refractivity (Wildman–Crippen MR) is 94.6 cm³/mol. The predicted octanol–water partition coefficient (Wildman–Crippen LogP) is 4.85. The van der Waals surface area contributed by atoms with Gasteiger partial charge in [-0.25, -0.2) is 9.97 Å². The maximum Gasteiger partial charge on any atom is 0.147 e. The Hall–Kier alpha value is -2.68. The lowest BCUT2D eigenvalue weighted by Gasteiger charge is -2.20. The first-order valence-corrected chi connectivity index (χ1v) is 7.87. The summed E-state index contributed by atoms with van der Waals surface area (Å²) in [6.07, 6.45) is 3.84. The van der Waals surface area contributed by atoms with Crippen molar-refractivity contribution in [2.45, 2.75) is 26.2 Å². The summed E-state index contributed by atoms with van der Waals surface area (Å²) < 4.78 is 2.10. The van der Waals surface area contributed by atoms with Crippen LogP contribution in [-0.2, 0) is 5.41 Å². The molecule has 2 aromatic heterocycles. The summed E-state index contributed by atoms with van der Waals surface area (Å²) in [5.74, 6) is 1.03. The number of fused-ring (bicyclic) bond motifs is 3. The van der Waals surface area contributed by atoms with Crippen molar-refractivity contribution in [1.29, 1.82) is 0 Å². The highest BCUT2D eigenvalue weighted by Crippen LogP contribution is 2.29. The molecule has 3 nitrogen and oxygen atoms in total. The van der Waals surface area contributed by atoms with E-state index in [0.717, 1.165) is 22.4 Å². The lowest BCUT2D eigenvalue weighted by molar-refractivity contribution is 0.539. The first-order chi connectivity index (χ1) is 11.0. The van der Waals surface area contributed by atoms with E-state index in [1.807, 2.05) is 18.5 Å². The van der Waals surface area contributed by atoms with E-state index in [1.165, 1.54) is 11.1 Å². The minimum atomic E-state index is -0.0457. The lowest BCUT2D eigenvalue weighted by atomic mass is 9.95. The molecule has 0 spiro atoms. The molecule has 23 heavy (non-hydrogen) atoms. The van der Waals surface area contributed by atoms with Gasteiger partial charge in [0.25, 0.3) is 0 Å². The molecule has 0 radical (unpaired) electrons. The molecule has 0 unspecified atom stereocenters. The van der Waals surface area contributed by atoms with Crippen molar-refractivity contribution in [2.75, 3.05) is 0 Å². The normalized spacial score (nSPS) is 12.1. The summed E-state index contributed by atoms with van der Waals surface area (Å²) in [6.45, 7) is 6.55. The van der Waals surface area contributed by atoms with E-state index in [1.54, 1.807) is 0 Å². The van der Waals surface area contributed by atoms with Crippen molar-refractivity contribution in [3.05, 3.63) is 66.7 Å². The molecule has 0 atom stereocenters. The zero-order chi connectivity index (χ0) is 16.0. The van der Waals surface area contributed by atoms with Crippen molar-refractivity contribution >= 4 is 16.6 Å². The van der Waals surface area contributed by atoms with Crippen LogP contribution >= 0.6 is 0 Å². The Morgan fingerprint density at radius 1 is 0.913 bits per heavy atom. The van der Waals surface area contributed by atoms with Crippen LogP contribution < -0.4 is 0 Å². The number of aromatic nitrogens is 3. The van der Waals surface area contributed by atoms with Crippen molar-refractivity contribution < 1.29 is 0 Å². The Labute approximate surface area is 135 Å². The topological polar surface area (TPSA) is 30.2 Å². The van der Waals surface area contributed by atoms with Crippen LogP contribution in [0, 0.1) is 0 Å². The molecule has 0 bridgehead atoms. The second-order valence-electron chi connectivity index (χ2n) is 6.90. The van der Waals surface area contributed by atoms with Gasteiger partial charge in [-0.15, -0.1) is 0 Å². The zero-order valence-corrected chi connectivity index (χ0v) is 13.6. The van der Waals surface area contributed by atoms with Crippen LogP contribution in [0.5, 0.6) is 0 Å². The summed E-state index contributed by atoms with van der Waals surface area (Å²) >= 11 is 0. The van der Waals surface area contributed by atoms with Crippen LogP contribution in [0.4, 0.5) is 0 Å². The average Bonchev–Trinajstić information content (AvgIpc) is 3.03. The van der Waals surface area contributed by atoms with Crippen molar-refractivity contribution in [1.82, 2.24) is 14.4 Å². The summed E-state index contributed by atoms with van der Waals surface area (Å²) in [7, 11) is 0. The molecular weight excluding hydrogens is 282 g/mol. The van der Waals surface area contributed by atoms with Crippen molar-refractivity contribution in [3.63, 3.8) is 0 Å². The number of rotatable bonds is 1. The molecule has 0 saturated carbocycles. The molecule has 0 saturated heterocycles. The van der Waals surface area contributed by atoms with Gasteiger partial charge in [0, 0.05) is 23.2 Å². The minimum Gasteiger partial charge on any atom is -0.287 e. The van der Waals surface area contributed by atoms with E-state index in [9.17, 15) is 0 Å². The third-order valence-corrected chi connectivity index (χ3v) is 4.11. The van der Waals surface area contributed by atoms with Gasteiger partial charge >= 0.3 is 0 Å².